The molecule has 2 atom stereocenters. The number of hydrogen-bond acceptors (Lipinski definition) is 4. The number of carbonyl (C=O) groups is 2. The quantitative estimate of drug-likeness (QED) is 0.800. The van der Waals surface area contributed by atoms with Gasteiger partial charge in [0.05, 0.1) is 6.10 Å². The summed E-state index contributed by atoms with van der Waals surface area (Å²) in [7, 11) is 0. The summed E-state index contributed by atoms with van der Waals surface area (Å²) in [5.74, 6) is -1.40. The number of aliphatic hydroxyl groups excluding tert-OH is 1. The first-order valence-corrected chi connectivity index (χ1v) is 9.68. The third-order valence-electron chi connectivity index (χ3n) is 5.24. The topological polar surface area (TPSA) is 87.1 Å². The van der Waals surface area contributed by atoms with Crippen molar-refractivity contribution in [1.29, 1.82) is 0 Å². The lowest BCUT2D eigenvalue weighted by molar-refractivity contribution is -0.149. The van der Waals surface area contributed by atoms with Gasteiger partial charge in [-0.2, -0.15) is 0 Å². The summed E-state index contributed by atoms with van der Waals surface area (Å²) in [6.07, 6.45) is -2.00. The Morgan fingerprint density at radius 1 is 1.03 bits per heavy atom. The Labute approximate surface area is 170 Å². The van der Waals surface area contributed by atoms with Crippen molar-refractivity contribution >= 4 is 12.1 Å². The monoisotopic (exact) mass is 397 g/mol. The first-order chi connectivity index (χ1) is 13.6. The number of aliphatic carboxylic acids is 1. The molecule has 0 radical (unpaired) electrons. The van der Waals surface area contributed by atoms with E-state index in [2.05, 4.69) is 0 Å². The highest BCUT2D eigenvalue weighted by Crippen LogP contribution is 2.44. The van der Waals surface area contributed by atoms with Crippen molar-refractivity contribution in [1.82, 2.24) is 4.90 Å². The van der Waals surface area contributed by atoms with Crippen LogP contribution in [-0.2, 0) is 9.53 Å². The smallest absolute Gasteiger partial charge is 0.411 e. The van der Waals surface area contributed by atoms with Gasteiger partial charge in [-0.3, -0.25) is 4.90 Å². The summed E-state index contributed by atoms with van der Waals surface area (Å²) in [4.78, 5) is 25.8. The average molecular weight is 397 g/mol. The van der Waals surface area contributed by atoms with E-state index in [9.17, 15) is 19.8 Å². The number of carbonyl (C=O) groups excluding carboxylic acids is 1. The maximum atomic E-state index is 13.0. The number of benzene rings is 2. The number of nitrogens with zero attached hydrogens (tertiary/aromatic N) is 1. The van der Waals surface area contributed by atoms with Gasteiger partial charge < -0.3 is 14.9 Å². The first kappa shape index (κ1) is 20.9. The largest absolute Gasteiger partial charge is 0.480 e. The van der Waals surface area contributed by atoms with Gasteiger partial charge in [0.25, 0.3) is 0 Å². The van der Waals surface area contributed by atoms with Crippen molar-refractivity contribution < 1.29 is 24.5 Å². The maximum Gasteiger partial charge on any atom is 0.411 e. The molecular formula is C23H27NO5. The molecule has 0 saturated carbocycles. The molecule has 0 aliphatic heterocycles. The van der Waals surface area contributed by atoms with Gasteiger partial charge in [-0.25, -0.2) is 9.59 Å². The fourth-order valence-electron chi connectivity index (χ4n) is 4.00. The molecule has 0 heterocycles. The van der Waals surface area contributed by atoms with Crippen LogP contribution in [0.25, 0.3) is 11.1 Å². The average Bonchev–Trinajstić information content (AvgIpc) is 2.96. The van der Waals surface area contributed by atoms with Crippen LogP contribution in [0.1, 0.15) is 44.7 Å². The normalized spacial score (nSPS) is 15.2. The van der Waals surface area contributed by atoms with Crippen LogP contribution < -0.4 is 0 Å². The fourth-order valence-corrected chi connectivity index (χ4v) is 4.00. The van der Waals surface area contributed by atoms with E-state index in [0.717, 1.165) is 27.2 Å². The molecule has 2 aromatic rings. The number of hydrogen-bond donors (Lipinski definition) is 2. The Morgan fingerprint density at radius 3 is 1.93 bits per heavy atom. The molecule has 0 spiro atoms. The lowest BCUT2D eigenvalue weighted by atomic mass is 9.98. The highest BCUT2D eigenvalue weighted by molar-refractivity contribution is 5.82. The van der Waals surface area contributed by atoms with Crippen LogP contribution in [0, 0.1) is 0 Å². The standard InChI is InChI=1S/C23H27NO5/c1-14(25)20(21(26)27)24(23(2,3)4)22(28)29-13-19-17-11-7-5-9-15(17)16-10-6-8-12-18(16)19/h5-12,14,19-20,25H,13H2,1-4H3,(H,26,27)/t14-,20+/m1/s1. The molecule has 0 aromatic heterocycles. The molecule has 0 saturated heterocycles. The molecule has 1 aliphatic carbocycles. The van der Waals surface area contributed by atoms with Crippen molar-refractivity contribution in [3.05, 3.63) is 59.7 Å². The number of carboxylic acid groups (broad SMARTS) is 1. The second kappa shape index (κ2) is 7.87. The van der Waals surface area contributed by atoms with Gasteiger partial charge in [0.1, 0.15) is 6.61 Å². The van der Waals surface area contributed by atoms with E-state index < -0.39 is 29.7 Å². The van der Waals surface area contributed by atoms with Gasteiger partial charge in [0.15, 0.2) is 6.04 Å². The molecular weight excluding hydrogens is 370 g/mol. The molecule has 0 fully saturated rings. The van der Waals surface area contributed by atoms with Crippen LogP contribution in [0.5, 0.6) is 0 Å². The van der Waals surface area contributed by atoms with Crippen molar-refractivity contribution in [3.63, 3.8) is 0 Å². The Balaban J connectivity index is 1.86. The minimum atomic E-state index is -1.40. The lowest BCUT2D eigenvalue weighted by Gasteiger charge is -2.40. The predicted molar refractivity (Wildman–Crippen MR) is 110 cm³/mol. The van der Waals surface area contributed by atoms with E-state index in [1.165, 1.54) is 6.92 Å². The van der Waals surface area contributed by atoms with Crippen LogP contribution in [0.2, 0.25) is 0 Å². The third kappa shape index (κ3) is 3.98. The molecule has 6 nitrogen and oxygen atoms in total. The summed E-state index contributed by atoms with van der Waals surface area (Å²) in [5.41, 5.74) is 3.54. The number of carboxylic acids is 1. The van der Waals surface area contributed by atoms with E-state index in [-0.39, 0.29) is 12.5 Å². The van der Waals surface area contributed by atoms with Gasteiger partial charge >= 0.3 is 12.1 Å². The molecule has 29 heavy (non-hydrogen) atoms. The van der Waals surface area contributed by atoms with E-state index in [0.29, 0.717) is 0 Å². The minimum Gasteiger partial charge on any atom is -0.480 e. The second-order valence-electron chi connectivity index (χ2n) is 8.37. The van der Waals surface area contributed by atoms with E-state index in [4.69, 9.17) is 4.74 Å². The van der Waals surface area contributed by atoms with Crippen molar-refractivity contribution in [2.24, 2.45) is 0 Å². The number of aliphatic hydroxyl groups is 1. The Bertz CT molecular complexity index is 870. The molecule has 1 amide bonds. The van der Waals surface area contributed by atoms with Crippen molar-refractivity contribution in [2.75, 3.05) is 6.61 Å². The highest BCUT2D eigenvalue weighted by Gasteiger charge is 2.42. The molecule has 2 aromatic carbocycles. The summed E-state index contributed by atoms with van der Waals surface area (Å²) >= 11 is 0. The maximum absolute atomic E-state index is 13.0. The first-order valence-electron chi connectivity index (χ1n) is 9.68. The number of amides is 1. The third-order valence-corrected chi connectivity index (χ3v) is 5.24. The van der Waals surface area contributed by atoms with Crippen molar-refractivity contribution in [2.45, 2.75) is 51.3 Å². The molecule has 6 heteroatoms. The Morgan fingerprint density at radius 2 is 1.52 bits per heavy atom. The highest BCUT2D eigenvalue weighted by atomic mass is 16.6. The van der Waals surface area contributed by atoms with Gasteiger partial charge in [-0.15, -0.1) is 0 Å². The molecule has 3 rings (SSSR count). The van der Waals surface area contributed by atoms with Gasteiger partial charge in [0.2, 0.25) is 0 Å². The fraction of sp³-hybridized carbons (Fsp3) is 0.391. The van der Waals surface area contributed by atoms with Gasteiger partial charge in [-0.1, -0.05) is 48.5 Å². The predicted octanol–water partition coefficient (Wildman–Crippen LogP) is 3.87. The van der Waals surface area contributed by atoms with Crippen LogP contribution in [-0.4, -0.2) is 51.5 Å². The molecule has 154 valence electrons. The summed E-state index contributed by atoms with van der Waals surface area (Å²) in [6, 6.07) is 14.6. The number of rotatable bonds is 5. The summed E-state index contributed by atoms with van der Waals surface area (Å²) in [5, 5.41) is 19.5. The SMILES string of the molecule is C[C@@H](O)[C@@H](C(=O)O)N(C(=O)OCC1c2ccccc2-c2ccccc21)C(C)(C)C. The molecule has 0 bridgehead atoms. The van der Waals surface area contributed by atoms with E-state index in [1.807, 2.05) is 48.5 Å². The zero-order valence-corrected chi connectivity index (χ0v) is 17.1. The van der Waals surface area contributed by atoms with Crippen LogP contribution >= 0.6 is 0 Å². The zero-order chi connectivity index (χ0) is 21.3. The Kier molecular flexibility index (Phi) is 5.66. The molecule has 1 aliphatic rings. The van der Waals surface area contributed by atoms with Crippen LogP contribution in [0.3, 0.4) is 0 Å². The summed E-state index contributed by atoms with van der Waals surface area (Å²) < 4.78 is 5.62. The Hall–Kier alpha value is -2.86. The number of fused-ring (bicyclic) bond motifs is 3. The molecule has 2 N–H and O–H groups in total. The minimum absolute atomic E-state index is 0.0889. The zero-order valence-electron chi connectivity index (χ0n) is 17.1. The van der Waals surface area contributed by atoms with E-state index in [1.54, 1.807) is 20.8 Å². The number of ether oxygens (including phenoxy) is 1. The van der Waals surface area contributed by atoms with Crippen LogP contribution in [0.4, 0.5) is 4.79 Å². The van der Waals surface area contributed by atoms with Gasteiger partial charge in [0, 0.05) is 11.5 Å². The van der Waals surface area contributed by atoms with E-state index >= 15 is 0 Å². The second-order valence-corrected chi connectivity index (χ2v) is 8.37. The van der Waals surface area contributed by atoms with Gasteiger partial charge in [-0.05, 0) is 49.9 Å². The van der Waals surface area contributed by atoms with Crippen molar-refractivity contribution in [3.8, 4) is 11.1 Å². The lowest BCUT2D eigenvalue weighted by Crippen LogP contribution is -2.58. The summed E-state index contributed by atoms with van der Waals surface area (Å²) in [6.45, 7) is 6.59. The molecule has 0 unspecified atom stereocenters. The van der Waals surface area contributed by atoms with Crippen LogP contribution in [0.15, 0.2) is 48.5 Å².